The molecule has 2 aliphatic rings. The van der Waals surface area contributed by atoms with Crippen LogP contribution in [0, 0.1) is 0 Å². The lowest BCUT2D eigenvalue weighted by Crippen LogP contribution is -2.30. The van der Waals surface area contributed by atoms with Crippen LogP contribution in [-0.4, -0.2) is 55.1 Å². The van der Waals surface area contributed by atoms with E-state index in [1.165, 1.54) is 54.4 Å². The van der Waals surface area contributed by atoms with Gasteiger partial charge < -0.3 is 10.6 Å². The number of nitrogens with two attached hydrogens (primary N) is 1. The van der Waals surface area contributed by atoms with Gasteiger partial charge in [-0.2, -0.15) is 0 Å². The Morgan fingerprint density at radius 3 is 2.95 bits per heavy atom. The van der Waals surface area contributed by atoms with Gasteiger partial charge in [-0.3, -0.25) is 4.90 Å². The van der Waals surface area contributed by atoms with Crippen LogP contribution in [-0.2, 0) is 6.42 Å². The molecule has 2 unspecified atom stereocenters. The fraction of sp³-hybridized carbons (Fsp3) is 0.800. The molecule has 0 saturated carbocycles. The summed E-state index contributed by atoms with van der Waals surface area (Å²) < 4.78 is 0. The van der Waals surface area contributed by atoms with E-state index < -0.39 is 0 Å². The zero-order valence-corrected chi connectivity index (χ0v) is 13.5. The van der Waals surface area contributed by atoms with Crippen LogP contribution in [0.25, 0.3) is 0 Å². The van der Waals surface area contributed by atoms with E-state index in [9.17, 15) is 0 Å². The molecule has 2 atom stereocenters. The predicted molar refractivity (Wildman–Crippen MR) is 84.3 cm³/mol. The number of likely N-dealkylation sites (N-methyl/N-ethyl adjacent to an activating group) is 2. The van der Waals surface area contributed by atoms with Gasteiger partial charge in [-0.15, -0.1) is 11.3 Å². The van der Waals surface area contributed by atoms with E-state index in [-0.39, 0.29) is 0 Å². The number of fused-ring (bicyclic) bond motifs is 1. The number of aromatic nitrogens is 1. The van der Waals surface area contributed by atoms with Crippen molar-refractivity contribution in [2.45, 2.75) is 37.6 Å². The van der Waals surface area contributed by atoms with Gasteiger partial charge in [0.1, 0.15) is 5.01 Å². The molecule has 1 fully saturated rings. The summed E-state index contributed by atoms with van der Waals surface area (Å²) in [5, 5.41) is 1.31. The van der Waals surface area contributed by atoms with Gasteiger partial charge >= 0.3 is 0 Å². The molecule has 1 aromatic heterocycles. The maximum Gasteiger partial charge on any atom is 0.112 e. The van der Waals surface area contributed by atoms with E-state index >= 15 is 0 Å². The van der Waals surface area contributed by atoms with E-state index in [1.54, 1.807) is 0 Å². The van der Waals surface area contributed by atoms with E-state index in [0.717, 1.165) is 13.1 Å². The Kier molecular flexibility index (Phi) is 4.40. The first-order chi connectivity index (χ1) is 9.69. The molecule has 0 aromatic carbocycles. The smallest absolute Gasteiger partial charge is 0.112 e. The lowest BCUT2D eigenvalue weighted by Gasteiger charge is -2.25. The van der Waals surface area contributed by atoms with Crippen molar-refractivity contribution in [3.05, 3.63) is 15.6 Å². The van der Waals surface area contributed by atoms with Gasteiger partial charge in [-0.05, 0) is 52.9 Å². The summed E-state index contributed by atoms with van der Waals surface area (Å²) in [5.41, 5.74) is 7.24. The van der Waals surface area contributed by atoms with Crippen molar-refractivity contribution in [2.24, 2.45) is 5.73 Å². The molecule has 0 bridgehead atoms. The highest BCUT2D eigenvalue weighted by atomic mass is 32.1. The fourth-order valence-corrected chi connectivity index (χ4v) is 4.79. The van der Waals surface area contributed by atoms with Crippen LogP contribution in [0.3, 0.4) is 0 Å². The summed E-state index contributed by atoms with van der Waals surface area (Å²) in [7, 11) is 4.47. The van der Waals surface area contributed by atoms with Crippen molar-refractivity contribution in [3.8, 4) is 0 Å². The quantitative estimate of drug-likeness (QED) is 0.904. The highest BCUT2D eigenvalue weighted by Crippen LogP contribution is 2.37. The second-order valence-corrected chi connectivity index (χ2v) is 7.41. The van der Waals surface area contributed by atoms with Crippen LogP contribution in [0.5, 0.6) is 0 Å². The Bertz CT molecular complexity index is 459. The molecule has 0 amide bonds. The first-order valence-corrected chi connectivity index (χ1v) is 8.59. The lowest BCUT2D eigenvalue weighted by atomic mass is 9.91. The zero-order chi connectivity index (χ0) is 14.1. The molecule has 4 nitrogen and oxygen atoms in total. The molecule has 2 heterocycles. The van der Waals surface area contributed by atoms with Gasteiger partial charge in [0.2, 0.25) is 0 Å². The van der Waals surface area contributed by atoms with Gasteiger partial charge in [0.25, 0.3) is 0 Å². The summed E-state index contributed by atoms with van der Waals surface area (Å²) >= 11 is 1.94. The average Bonchev–Trinajstić information content (AvgIpc) is 2.80. The minimum absolute atomic E-state index is 0.455. The molecule has 0 spiro atoms. The van der Waals surface area contributed by atoms with Crippen molar-refractivity contribution in [1.82, 2.24) is 14.8 Å². The molecule has 112 valence electrons. The Labute approximate surface area is 126 Å². The second-order valence-electron chi connectivity index (χ2n) is 6.30. The molecule has 1 aliphatic carbocycles. The second kappa shape index (κ2) is 6.10. The summed E-state index contributed by atoms with van der Waals surface area (Å²) in [4.78, 5) is 11.4. The number of aryl methyl sites for hydroxylation is 1. The van der Waals surface area contributed by atoms with E-state index in [1.807, 2.05) is 11.3 Å². The van der Waals surface area contributed by atoms with Gasteiger partial charge in [-0.25, -0.2) is 4.98 Å². The standard InChI is InChI=1S/C15H26N4S/c1-18-7-4-8-19(2)12(10-18)15-17-14-11(9-16)5-3-6-13(14)20-15/h11-12H,3-10,16H2,1-2H3. The summed E-state index contributed by atoms with van der Waals surface area (Å²) in [6.07, 6.45) is 4.94. The minimum Gasteiger partial charge on any atom is -0.330 e. The molecule has 2 N–H and O–H groups in total. The Balaban J connectivity index is 1.88. The third-order valence-electron chi connectivity index (χ3n) is 4.72. The molecule has 0 radical (unpaired) electrons. The van der Waals surface area contributed by atoms with E-state index in [2.05, 4.69) is 23.9 Å². The molecule has 5 heteroatoms. The average molecular weight is 294 g/mol. The summed E-state index contributed by atoms with van der Waals surface area (Å²) in [5.74, 6) is 0.498. The van der Waals surface area contributed by atoms with Gasteiger partial charge in [0.05, 0.1) is 11.7 Å². The molecule has 1 saturated heterocycles. The Morgan fingerprint density at radius 1 is 1.30 bits per heavy atom. The van der Waals surface area contributed by atoms with Crippen molar-refractivity contribution >= 4 is 11.3 Å². The van der Waals surface area contributed by atoms with Gasteiger partial charge in [0, 0.05) is 23.9 Å². The Hall–Kier alpha value is -0.490. The van der Waals surface area contributed by atoms with Crippen LogP contribution in [0.4, 0.5) is 0 Å². The monoisotopic (exact) mass is 294 g/mol. The van der Waals surface area contributed by atoms with E-state index in [4.69, 9.17) is 10.7 Å². The van der Waals surface area contributed by atoms with Crippen LogP contribution in [0.15, 0.2) is 0 Å². The summed E-state index contributed by atoms with van der Waals surface area (Å²) in [6, 6.07) is 0.455. The number of hydrogen-bond acceptors (Lipinski definition) is 5. The van der Waals surface area contributed by atoms with Crippen LogP contribution in [0.2, 0.25) is 0 Å². The lowest BCUT2D eigenvalue weighted by molar-refractivity contribution is 0.228. The molecule has 1 aliphatic heterocycles. The topological polar surface area (TPSA) is 45.4 Å². The maximum atomic E-state index is 5.93. The number of hydrogen-bond donors (Lipinski definition) is 1. The van der Waals surface area contributed by atoms with Gasteiger partial charge in [-0.1, -0.05) is 0 Å². The normalized spacial score (nSPS) is 29.1. The molecular weight excluding hydrogens is 268 g/mol. The maximum absolute atomic E-state index is 5.93. The highest BCUT2D eigenvalue weighted by Gasteiger charge is 2.29. The predicted octanol–water partition coefficient (Wildman–Crippen LogP) is 1.83. The van der Waals surface area contributed by atoms with Crippen LogP contribution >= 0.6 is 11.3 Å². The van der Waals surface area contributed by atoms with Crippen molar-refractivity contribution in [1.29, 1.82) is 0 Å². The Morgan fingerprint density at radius 2 is 2.15 bits per heavy atom. The minimum atomic E-state index is 0.455. The third kappa shape index (κ3) is 2.77. The number of thiazole rings is 1. The zero-order valence-electron chi connectivity index (χ0n) is 12.6. The SMILES string of the molecule is CN1CCCN(C)C(c2nc3c(s2)CCCC3CN)C1. The number of rotatable bonds is 2. The summed E-state index contributed by atoms with van der Waals surface area (Å²) in [6.45, 7) is 4.20. The van der Waals surface area contributed by atoms with Crippen molar-refractivity contribution in [2.75, 3.05) is 40.3 Å². The van der Waals surface area contributed by atoms with Crippen LogP contribution < -0.4 is 5.73 Å². The largest absolute Gasteiger partial charge is 0.330 e. The number of nitrogens with zero attached hydrogens (tertiary/aromatic N) is 3. The van der Waals surface area contributed by atoms with E-state index in [0.29, 0.717) is 12.0 Å². The van der Waals surface area contributed by atoms with Crippen molar-refractivity contribution < 1.29 is 0 Å². The van der Waals surface area contributed by atoms with Crippen LogP contribution in [0.1, 0.15) is 46.8 Å². The molecular formula is C15H26N4S. The third-order valence-corrected chi connectivity index (χ3v) is 5.96. The fourth-order valence-electron chi connectivity index (χ4n) is 3.44. The first kappa shape index (κ1) is 14.4. The van der Waals surface area contributed by atoms with Gasteiger partial charge in [0.15, 0.2) is 0 Å². The first-order valence-electron chi connectivity index (χ1n) is 7.77. The molecule has 20 heavy (non-hydrogen) atoms. The van der Waals surface area contributed by atoms with Crippen molar-refractivity contribution in [3.63, 3.8) is 0 Å². The highest BCUT2D eigenvalue weighted by molar-refractivity contribution is 7.11. The molecule has 3 rings (SSSR count). The molecule has 1 aromatic rings.